The van der Waals surface area contributed by atoms with E-state index in [9.17, 15) is 9.90 Å². The molecule has 5 heteroatoms. The molecule has 1 aliphatic rings. The van der Waals surface area contributed by atoms with Gasteiger partial charge in [0.1, 0.15) is 0 Å². The molecule has 0 spiro atoms. The number of carboxylic acid groups (broad SMARTS) is 1. The Hall–Kier alpha value is -0.910. The lowest BCUT2D eigenvalue weighted by Gasteiger charge is -2.36. The van der Waals surface area contributed by atoms with Crippen molar-refractivity contribution in [2.75, 3.05) is 6.61 Å². The molecule has 0 bridgehead atoms. The zero-order valence-corrected chi connectivity index (χ0v) is 11.1. The monoisotopic (exact) mass is 269 g/mol. The van der Waals surface area contributed by atoms with Crippen molar-refractivity contribution in [3.8, 4) is 0 Å². The Morgan fingerprint density at radius 3 is 2.67 bits per heavy atom. The molecule has 3 N–H and O–H groups in total. The number of hydrogen-bond acceptors (Lipinski definition) is 4. The van der Waals surface area contributed by atoms with Gasteiger partial charge in [0.15, 0.2) is 0 Å². The van der Waals surface area contributed by atoms with Gasteiger partial charge in [-0.2, -0.15) is 0 Å². The van der Waals surface area contributed by atoms with Gasteiger partial charge in [-0.15, -0.1) is 11.3 Å². The fourth-order valence-electron chi connectivity index (χ4n) is 2.48. The van der Waals surface area contributed by atoms with Crippen LogP contribution >= 0.6 is 11.3 Å². The molecule has 0 aliphatic heterocycles. The van der Waals surface area contributed by atoms with Crippen molar-refractivity contribution in [1.82, 2.24) is 5.32 Å². The average molecular weight is 269 g/mol. The van der Waals surface area contributed by atoms with E-state index in [1.54, 1.807) is 11.4 Å². The number of aromatic carboxylic acids is 1. The van der Waals surface area contributed by atoms with Crippen LogP contribution in [0.4, 0.5) is 0 Å². The second-order valence-electron chi connectivity index (χ2n) is 4.96. The summed E-state index contributed by atoms with van der Waals surface area (Å²) in [4.78, 5) is 11.8. The fourth-order valence-corrected chi connectivity index (χ4v) is 3.28. The maximum absolute atomic E-state index is 10.8. The van der Waals surface area contributed by atoms with Gasteiger partial charge < -0.3 is 15.5 Å². The van der Waals surface area contributed by atoms with Crippen LogP contribution in [0.3, 0.4) is 0 Å². The Labute approximate surface area is 111 Å². The molecule has 1 aromatic heterocycles. The van der Waals surface area contributed by atoms with Crippen LogP contribution in [0.25, 0.3) is 0 Å². The first-order valence-corrected chi connectivity index (χ1v) is 7.20. The zero-order valence-electron chi connectivity index (χ0n) is 10.3. The largest absolute Gasteiger partial charge is 0.478 e. The smallest absolute Gasteiger partial charge is 0.336 e. The van der Waals surface area contributed by atoms with Gasteiger partial charge in [0.2, 0.25) is 0 Å². The summed E-state index contributed by atoms with van der Waals surface area (Å²) in [5.74, 6) is -0.882. The van der Waals surface area contributed by atoms with Crippen molar-refractivity contribution in [3.63, 3.8) is 0 Å². The summed E-state index contributed by atoms with van der Waals surface area (Å²) in [7, 11) is 0. The van der Waals surface area contributed by atoms with Crippen molar-refractivity contribution < 1.29 is 15.0 Å². The Kier molecular flexibility index (Phi) is 4.37. The van der Waals surface area contributed by atoms with Gasteiger partial charge >= 0.3 is 5.97 Å². The van der Waals surface area contributed by atoms with Gasteiger partial charge in [-0.1, -0.05) is 19.3 Å². The summed E-state index contributed by atoms with van der Waals surface area (Å²) in [5.41, 5.74) is 0.185. The minimum Gasteiger partial charge on any atom is -0.478 e. The first-order chi connectivity index (χ1) is 8.65. The quantitative estimate of drug-likeness (QED) is 0.766. The summed E-state index contributed by atoms with van der Waals surface area (Å²) in [5, 5.41) is 23.5. The number of hydrogen-bond donors (Lipinski definition) is 3. The summed E-state index contributed by atoms with van der Waals surface area (Å²) in [6, 6.07) is 1.70. The highest BCUT2D eigenvalue weighted by Crippen LogP contribution is 2.28. The van der Waals surface area contributed by atoms with E-state index in [2.05, 4.69) is 5.32 Å². The number of thiophene rings is 1. The maximum atomic E-state index is 10.8. The average Bonchev–Trinajstić information content (AvgIpc) is 2.87. The standard InChI is InChI=1S/C13H19NO3S/c15-9-13(4-2-1-3-5-13)14-7-11-6-10(8-18-11)12(16)17/h6,8,14-15H,1-5,7,9H2,(H,16,17). The minimum atomic E-state index is -0.882. The van der Waals surface area contributed by atoms with Crippen LogP contribution in [-0.2, 0) is 6.54 Å². The van der Waals surface area contributed by atoms with E-state index in [0.29, 0.717) is 12.1 Å². The lowest BCUT2D eigenvalue weighted by Crippen LogP contribution is -2.49. The normalized spacial score (nSPS) is 18.7. The molecule has 1 heterocycles. The molecule has 2 rings (SSSR count). The van der Waals surface area contributed by atoms with Crippen LogP contribution in [0.2, 0.25) is 0 Å². The fraction of sp³-hybridized carbons (Fsp3) is 0.615. The lowest BCUT2D eigenvalue weighted by atomic mass is 9.82. The molecular formula is C13H19NO3S. The van der Waals surface area contributed by atoms with Gasteiger partial charge in [-0.05, 0) is 18.9 Å². The SMILES string of the molecule is O=C(O)c1csc(CNC2(CO)CCCCC2)c1. The molecule has 1 saturated carbocycles. The summed E-state index contributed by atoms with van der Waals surface area (Å²) >= 11 is 1.45. The number of carboxylic acids is 1. The third kappa shape index (κ3) is 3.10. The van der Waals surface area contributed by atoms with E-state index in [4.69, 9.17) is 5.11 Å². The van der Waals surface area contributed by atoms with Gasteiger partial charge in [-0.3, -0.25) is 0 Å². The van der Waals surface area contributed by atoms with Crippen molar-refractivity contribution in [1.29, 1.82) is 0 Å². The first-order valence-electron chi connectivity index (χ1n) is 6.32. The predicted molar refractivity (Wildman–Crippen MR) is 71.0 cm³/mol. The van der Waals surface area contributed by atoms with Crippen molar-refractivity contribution >= 4 is 17.3 Å². The van der Waals surface area contributed by atoms with Crippen molar-refractivity contribution in [3.05, 3.63) is 21.9 Å². The highest BCUT2D eigenvalue weighted by Gasteiger charge is 2.30. The Bertz CT molecular complexity index is 410. The van der Waals surface area contributed by atoms with Crippen LogP contribution < -0.4 is 5.32 Å². The maximum Gasteiger partial charge on any atom is 0.336 e. The second kappa shape index (κ2) is 5.82. The highest BCUT2D eigenvalue weighted by molar-refractivity contribution is 7.10. The van der Waals surface area contributed by atoms with E-state index in [1.807, 2.05) is 0 Å². The van der Waals surface area contributed by atoms with E-state index >= 15 is 0 Å². The van der Waals surface area contributed by atoms with E-state index in [-0.39, 0.29) is 12.1 Å². The molecule has 0 unspecified atom stereocenters. The third-order valence-corrected chi connectivity index (χ3v) is 4.59. The highest BCUT2D eigenvalue weighted by atomic mass is 32.1. The summed E-state index contributed by atoms with van der Waals surface area (Å²) in [6.45, 7) is 0.794. The molecule has 0 aromatic carbocycles. The summed E-state index contributed by atoms with van der Waals surface area (Å²) < 4.78 is 0. The number of nitrogens with one attached hydrogen (secondary N) is 1. The van der Waals surface area contributed by atoms with Crippen LogP contribution in [0.5, 0.6) is 0 Å². The third-order valence-electron chi connectivity index (χ3n) is 3.65. The number of carbonyl (C=O) groups is 1. The van der Waals surface area contributed by atoms with Gasteiger partial charge in [0.05, 0.1) is 12.2 Å². The first kappa shape index (κ1) is 13.5. The number of aliphatic hydroxyl groups excluding tert-OH is 1. The molecular weight excluding hydrogens is 250 g/mol. The van der Waals surface area contributed by atoms with E-state index < -0.39 is 5.97 Å². The van der Waals surface area contributed by atoms with Crippen LogP contribution in [0.15, 0.2) is 11.4 Å². The molecule has 0 radical (unpaired) electrons. The second-order valence-corrected chi connectivity index (χ2v) is 5.96. The Morgan fingerprint density at radius 2 is 2.11 bits per heavy atom. The molecule has 100 valence electrons. The van der Waals surface area contributed by atoms with Gasteiger partial charge in [-0.25, -0.2) is 4.79 Å². The van der Waals surface area contributed by atoms with Crippen LogP contribution in [0.1, 0.15) is 47.3 Å². The zero-order chi connectivity index (χ0) is 13.0. The Morgan fingerprint density at radius 1 is 1.39 bits per heavy atom. The van der Waals surface area contributed by atoms with Crippen molar-refractivity contribution in [2.24, 2.45) is 0 Å². The molecule has 4 nitrogen and oxygen atoms in total. The molecule has 1 aromatic rings. The molecule has 1 fully saturated rings. The Balaban J connectivity index is 1.94. The molecule has 18 heavy (non-hydrogen) atoms. The lowest BCUT2D eigenvalue weighted by molar-refractivity contribution is 0.0697. The van der Waals surface area contributed by atoms with E-state index in [0.717, 1.165) is 30.6 Å². The topological polar surface area (TPSA) is 69.6 Å². The molecule has 0 amide bonds. The van der Waals surface area contributed by atoms with Crippen molar-refractivity contribution in [2.45, 2.75) is 44.2 Å². The predicted octanol–water partition coefficient (Wildman–Crippen LogP) is 2.23. The van der Waals surface area contributed by atoms with E-state index in [1.165, 1.54) is 17.8 Å². The number of rotatable bonds is 5. The van der Waals surface area contributed by atoms with Crippen LogP contribution in [0, 0.1) is 0 Å². The molecule has 0 atom stereocenters. The summed E-state index contributed by atoms with van der Waals surface area (Å²) in [6.07, 6.45) is 5.55. The molecule has 1 aliphatic carbocycles. The number of aliphatic hydroxyl groups is 1. The van der Waals surface area contributed by atoms with Gasteiger partial charge in [0.25, 0.3) is 0 Å². The molecule has 0 saturated heterocycles. The minimum absolute atomic E-state index is 0.157. The van der Waals surface area contributed by atoms with Gasteiger partial charge in [0, 0.05) is 22.3 Å². The van der Waals surface area contributed by atoms with Crippen LogP contribution in [-0.4, -0.2) is 28.3 Å².